The number of hydrogen-bond donors (Lipinski definition) is 1. The van der Waals surface area contributed by atoms with Gasteiger partial charge < -0.3 is 4.55 Å². The van der Waals surface area contributed by atoms with Crippen molar-refractivity contribution in [3.63, 3.8) is 0 Å². The molecule has 172 valence electrons. The molecule has 3 aromatic carbocycles. The van der Waals surface area contributed by atoms with E-state index in [0.717, 1.165) is 11.1 Å². The molecule has 4 rings (SSSR count). The highest BCUT2D eigenvalue weighted by molar-refractivity contribution is 7.89. The van der Waals surface area contributed by atoms with Crippen LogP contribution in [0.1, 0.15) is 5.56 Å². The molecule has 0 atom stereocenters. The van der Waals surface area contributed by atoms with Gasteiger partial charge in [0.2, 0.25) is 10.0 Å². The van der Waals surface area contributed by atoms with Gasteiger partial charge in [0.15, 0.2) is 12.4 Å². The lowest BCUT2D eigenvalue weighted by Gasteiger charge is -2.07. The minimum atomic E-state index is -4.27. The SMILES string of the molecule is Cc1ccc(S(=O)(=O)[O-])cc1.NS(=O)(=O)c1ccccc1-c1ccccc1.c1cc[nH+]cc1. The molecular weight excluding hydrogens is 460 g/mol. The molecule has 9 heteroatoms. The molecule has 1 aromatic heterocycles. The molecule has 0 radical (unpaired) electrons. The van der Waals surface area contributed by atoms with E-state index in [1.165, 1.54) is 18.2 Å². The molecule has 0 amide bonds. The maximum absolute atomic E-state index is 11.4. The van der Waals surface area contributed by atoms with E-state index in [1.807, 2.05) is 67.8 Å². The number of primary sulfonamides is 1. The monoisotopic (exact) mass is 484 g/mol. The van der Waals surface area contributed by atoms with E-state index in [4.69, 9.17) is 5.14 Å². The lowest BCUT2D eigenvalue weighted by molar-refractivity contribution is -0.377. The van der Waals surface area contributed by atoms with Crippen LogP contribution >= 0.6 is 0 Å². The Bertz CT molecular complexity index is 1320. The van der Waals surface area contributed by atoms with Gasteiger partial charge >= 0.3 is 0 Å². The summed E-state index contributed by atoms with van der Waals surface area (Å²) in [6.45, 7) is 1.82. The van der Waals surface area contributed by atoms with Crippen LogP contribution < -0.4 is 10.1 Å². The van der Waals surface area contributed by atoms with Gasteiger partial charge in [-0.3, -0.25) is 0 Å². The molecule has 0 aliphatic carbocycles. The Morgan fingerprint density at radius 2 is 1.21 bits per heavy atom. The van der Waals surface area contributed by atoms with Gasteiger partial charge in [-0.25, -0.2) is 27.0 Å². The number of H-pyrrole nitrogens is 1. The molecule has 0 aliphatic heterocycles. The number of aromatic amines is 1. The van der Waals surface area contributed by atoms with Gasteiger partial charge in [-0.1, -0.05) is 72.3 Å². The first-order valence-electron chi connectivity index (χ1n) is 9.70. The molecule has 0 fully saturated rings. The Morgan fingerprint density at radius 3 is 1.67 bits per heavy atom. The van der Waals surface area contributed by atoms with Crippen molar-refractivity contribution in [3.8, 4) is 11.1 Å². The van der Waals surface area contributed by atoms with Gasteiger partial charge in [-0.15, -0.1) is 0 Å². The van der Waals surface area contributed by atoms with Crippen LogP contribution in [0.15, 0.2) is 119 Å². The average molecular weight is 485 g/mol. The molecule has 0 bridgehead atoms. The van der Waals surface area contributed by atoms with E-state index in [-0.39, 0.29) is 9.79 Å². The molecule has 33 heavy (non-hydrogen) atoms. The van der Waals surface area contributed by atoms with Crippen molar-refractivity contribution in [2.75, 3.05) is 0 Å². The first-order valence-corrected chi connectivity index (χ1v) is 12.7. The third-order valence-electron chi connectivity index (χ3n) is 4.20. The molecule has 3 N–H and O–H groups in total. The molecule has 0 unspecified atom stereocenters. The largest absolute Gasteiger partial charge is 0.744 e. The highest BCUT2D eigenvalue weighted by Crippen LogP contribution is 2.25. The molecule has 7 nitrogen and oxygen atoms in total. The van der Waals surface area contributed by atoms with E-state index in [0.29, 0.717) is 5.56 Å². The van der Waals surface area contributed by atoms with Crippen LogP contribution in [0.2, 0.25) is 0 Å². The first-order chi connectivity index (χ1) is 15.6. The summed E-state index contributed by atoms with van der Waals surface area (Å²) in [6, 6.07) is 27.6. The molecule has 0 saturated carbocycles. The minimum absolute atomic E-state index is 0.154. The Kier molecular flexibility index (Phi) is 9.43. The van der Waals surface area contributed by atoms with Crippen LogP contribution in [-0.2, 0) is 20.1 Å². The van der Waals surface area contributed by atoms with Gasteiger partial charge in [0.05, 0.1) is 9.79 Å². The fourth-order valence-corrected chi connectivity index (χ4v) is 3.85. The molecule has 0 saturated heterocycles. The molecule has 0 spiro atoms. The van der Waals surface area contributed by atoms with Crippen molar-refractivity contribution in [2.24, 2.45) is 5.14 Å². The summed E-state index contributed by atoms with van der Waals surface area (Å²) in [7, 11) is -7.95. The number of nitrogens with one attached hydrogen (secondary N) is 1. The zero-order valence-corrected chi connectivity index (χ0v) is 19.5. The first kappa shape index (κ1) is 25.9. The van der Waals surface area contributed by atoms with Crippen LogP contribution in [0.5, 0.6) is 0 Å². The molecule has 4 aromatic rings. The Morgan fingerprint density at radius 1 is 0.697 bits per heavy atom. The fourth-order valence-electron chi connectivity index (χ4n) is 2.62. The third kappa shape index (κ3) is 8.95. The number of aryl methyl sites for hydroxylation is 1. The number of benzene rings is 3. The van der Waals surface area contributed by atoms with Crippen molar-refractivity contribution in [2.45, 2.75) is 16.7 Å². The predicted octanol–water partition coefficient (Wildman–Crippen LogP) is 3.40. The van der Waals surface area contributed by atoms with Gasteiger partial charge in [0.25, 0.3) is 0 Å². The standard InChI is InChI=1S/C12H11NO2S.C7H8O3S.C5H5N/c13-16(14,15)12-9-5-4-8-11(12)10-6-2-1-3-7-10;1-6-2-4-7(5-3-6)11(8,9)10;1-2-4-6-5-3-1/h1-9H,(H2,13,14,15);2-5H,1H3,(H,8,9,10);1-5H. The van der Waals surface area contributed by atoms with Crippen LogP contribution in [0.3, 0.4) is 0 Å². The van der Waals surface area contributed by atoms with E-state index < -0.39 is 20.1 Å². The minimum Gasteiger partial charge on any atom is -0.744 e. The van der Waals surface area contributed by atoms with Crippen molar-refractivity contribution in [1.29, 1.82) is 0 Å². The highest BCUT2D eigenvalue weighted by Gasteiger charge is 2.13. The van der Waals surface area contributed by atoms with Gasteiger partial charge in [0, 0.05) is 17.7 Å². The summed E-state index contributed by atoms with van der Waals surface area (Å²) in [5.41, 5.74) is 2.40. The third-order valence-corrected chi connectivity index (χ3v) is 6.01. The summed E-state index contributed by atoms with van der Waals surface area (Å²) in [4.78, 5) is 2.87. The predicted molar refractivity (Wildman–Crippen MR) is 125 cm³/mol. The number of pyridine rings is 1. The lowest BCUT2D eigenvalue weighted by Crippen LogP contribution is -2.13. The molecular formula is C24H24N2O5S2. The summed E-state index contributed by atoms with van der Waals surface area (Å²) < 4.78 is 54.0. The quantitative estimate of drug-likeness (QED) is 0.445. The van der Waals surface area contributed by atoms with Crippen LogP contribution in [0.25, 0.3) is 11.1 Å². The summed E-state index contributed by atoms with van der Waals surface area (Å²) in [5.74, 6) is 0. The normalized spacial score (nSPS) is 10.8. The van der Waals surface area contributed by atoms with Gasteiger partial charge in [-0.05, 0) is 30.7 Å². The van der Waals surface area contributed by atoms with Crippen molar-refractivity contribution >= 4 is 20.1 Å². The Labute approximate surface area is 194 Å². The van der Waals surface area contributed by atoms with E-state index in [2.05, 4.69) is 4.98 Å². The number of rotatable bonds is 3. The molecule has 0 aliphatic rings. The smallest absolute Gasteiger partial charge is 0.238 e. The fraction of sp³-hybridized carbons (Fsp3) is 0.0417. The topological polar surface area (TPSA) is 132 Å². The van der Waals surface area contributed by atoms with Crippen LogP contribution in [0, 0.1) is 6.92 Å². The van der Waals surface area contributed by atoms with Crippen molar-refractivity contribution in [3.05, 3.63) is 115 Å². The second-order valence-corrected chi connectivity index (χ2v) is 9.66. The van der Waals surface area contributed by atoms with Crippen molar-refractivity contribution in [1.82, 2.24) is 0 Å². The Balaban J connectivity index is 0.000000195. The molecule has 1 heterocycles. The van der Waals surface area contributed by atoms with Gasteiger partial charge in [0.1, 0.15) is 10.1 Å². The number of hydrogen-bond acceptors (Lipinski definition) is 5. The summed E-state index contributed by atoms with van der Waals surface area (Å²) in [6.07, 6.45) is 3.75. The van der Waals surface area contributed by atoms with Crippen molar-refractivity contribution < 1.29 is 26.4 Å². The lowest BCUT2D eigenvalue weighted by atomic mass is 10.1. The maximum atomic E-state index is 11.4. The van der Waals surface area contributed by atoms with Crippen LogP contribution in [-0.4, -0.2) is 21.4 Å². The zero-order valence-electron chi connectivity index (χ0n) is 17.8. The maximum Gasteiger partial charge on any atom is 0.238 e. The number of aromatic nitrogens is 1. The second-order valence-electron chi connectivity index (χ2n) is 6.75. The number of nitrogens with two attached hydrogens (primary N) is 1. The van der Waals surface area contributed by atoms with Crippen LogP contribution in [0.4, 0.5) is 0 Å². The Hall–Kier alpha value is -3.37. The van der Waals surface area contributed by atoms with E-state index in [9.17, 15) is 21.4 Å². The number of sulfonamides is 1. The second kappa shape index (κ2) is 12.0. The zero-order chi connectivity index (χ0) is 24.3. The van der Waals surface area contributed by atoms with E-state index >= 15 is 0 Å². The highest BCUT2D eigenvalue weighted by atomic mass is 32.2. The summed E-state index contributed by atoms with van der Waals surface area (Å²) >= 11 is 0. The summed E-state index contributed by atoms with van der Waals surface area (Å²) in [5, 5.41) is 5.17. The average Bonchev–Trinajstić information content (AvgIpc) is 2.81. The van der Waals surface area contributed by atoms with Gasteiger partial charge in [-0.2, -0.15) is 0 Å². The van der Waals surface area contributed by atoms with E-state index in [1.54, 1.807) is 30.3 Å².